The van der Waals surface area contributed by atoms with Crippen molar-refractivity contribution in [1.82, 2.24) is 0 Å². The zero-order valence-corrected chi connectivity index (χ0v) is 18.8. The van der Waals surface area contributed by atoms with Gasteiger partial charge in [-0.2, -0.15) is 0 Å². The van der Waals surface area contributed by atoms with Crippen LogP contribution in [0.1, 0.15) is 32.3 Å². The maximum atomic E-state index is 12.2. The molecule has 0 spiro atoms. The molecular formula is C22H32O5Si. The van der Waals surface area contributed by atoms with Crippen molar-refractivity contribution < 1.29 is 23.7 Å². The van der Waals surface area contributed by atoms with E-state index in [1.807, 2.05) is 38.1 Å². The standard InChI is InChI=1S/C22H32O5Si/c1-22(2)26-16-21(27-22)20(12-9-18(23)13-14-28(4,5)6)25-15-17-7-10-19(24-3)11-8-17/h7-8,10-11,20-21H,9,12,15-16H2,1-6H3/t20-,21+/m0/s1. The summed E-state index contributed by atoms with van der Waals surface area (Å²) in [7, 11) is 0.0854. The van der Waals surface area contributed by atoms with Crippen LogP contribution < -0.4 is 4.74 Å². The first-order chi connectivity index (χ1) is 13.1. The second kappa shape index (κ2) is 9.70. The van der Waals surface area contributed by atoms with E-state index in [0.717, 1.165) is 11.3 Å². The van der Waals surface area contributed by atoms with Crippen LogP contribution in [0.25, 0.3) is 0 Å². The van der Waals surface area contributed by atoms with Gasteiger partial charge in [0, 0.05) is 6.42 Å². The zero-order chi connectivity index (χ0) is 20.8. The highest BCUT2D eigenvalue weighted by molar-refractivity contribution is 6.84. The number of benzene rings is 1. The zero-order valence-electron chi connectivity index (χ0n) is 17.8. The molecule has 0 radical (unpaired) electrons. The molecule has 1 aromatic rings. The molecule has 1 heterocycles. The molecule has 1 aliphatic rings. The summed E-state index contributed by atoms with van der Waals surface area (Å²) in [4.78, 5) is 12.2. The fourth-order valence-corrected chi connectivity index (χ4v) is 3.31. The lowest BCUT2D eigenvalue weighted by atomic mass is 10.1. The Kier molecular flexibility index (Phi) is 7.85. The van der Waals surface area contributed by atoms with Gasteiger partial charge in [-0.05, 0) is 43.9 Å². The van der Waals surface area contributed by atoms with E-state index < -0.39 is 13.9 Å². The van der Waals surface area contributed by atoms with Gasteiger partial charge >= 0.3 is 0 Å². The quantitative estimate of drug-likeness (QED) is 0.485. The van der Waals surface area contributed by atoms with E-state index in [2.05, 4.69) is 31.1 Å². The first kappa shape index (κ1) is 22.6. The minimum atomic E-state index is -1.56. The third-order valence-corrected chi connectivity index (χ3v) is 5.18. The van der Waals surface area contributed by atoms with Crippen LogP contribution in [0, 0.1) is 11.5 Å². The topological polar surface area (TPSA) is 54.0 Å². The summed E-state index contributed by atoms with van der Waals surface area (Å²) in [6.45, 7) is 11.0. The van der Waals surface area contributed by atoms with Gasteiger partial charge in [-0.15, -0.1) is 5.54 Å². The Morgan fingerprint density at radius 3 is 2.50 bits per heavy atom. The van der Waals surface area contributed by atoms with Gasteiger partial charge in [-0.3, -0.25) is 4.79 Å². The number of methoxy groups -OCH3 is 1. The minimum absolute atomic E-state index is 0.0429. The SMILES string of the molecule is COc1ccc(CO[C@@H](CCC(=O)C#C[Si](C)(C)C)[C@H]2COC(C)(C)O2)cc1. The summed E-state index contributed by atoms with van der Waals surface area (Å²) >= 11 is 0. The highest BCUT2D eigenvalue weighted by Crippen LogP contribution is 2.27. The van der Waals surface area contributed by atoms with Gasteiger partial charge in [0.15, 0.2) is 5.79 Å². The molecule has 2 atom stereocenters. The van der Waals surface area contributed by atoms with E-state index in [9.17, 15) is 4.79 Å². The van der Waals surface area contributed by atoms with Crippen molar-refractivity contribution >= 4 is 13.9 Å². The summed E-state index contributed by atoms with van der Waals surface area (Å²) in [5.74, 6) is 2.94. The number of hydrogen-bond acceptors (Lipinski definition) is 5. The lowest BCUT2D eigenvalue weighted by Crippen LogP contribution is -2.33. The second-order valence-corrected chi connectivity index (χ2v) is 13.3. The number of carbonyl (C=O) groups is 1. The molecule has 1 fully saturated rings. The average Bonchev–Trinajstić information content (AvgIpc) is 2.99. The monoisotopic (exact) mass is 404 g/mol. The van der Waals surface area contributed by atoms with Crippen molar-refractivity contribution in [2.45, 2.75) is 70.9 Å². The van der Waals surface area contributed by atoms with E-state index in [0.29, 0.717) is 26.1 Å². The second-order valence-electron chi connectivity index (χ2n) is 8.53. The summed E-state index contributed by atoms with van der Waals surface area (Å²) in [6.07, 6.45) is 0.470. The summed E-state index contributed by atoms with van der Waals surface area (Å²) in [5, 5.41) is 0. The number of ketones is 1. The largest absolute Gasteiger partial charge is 0.497 e. The van der Waals surface area contributed by atoms with Gasteiger partial charge in [-0.1, -0.05) is 31.8 Å². The molecule has 0 aliphatic carbocycles. The summed E-state index contributed by atoms with van der Waals surface area (Å²) < 4.78 is 23.0. The minimum Gasteiger partial charge on any atom is -0.497 e. The first-order valence-electron chi connectivity index (χ1n) is 9.70. The summed E-state index contributed by atoms with van der Waals surface area (Å²) in [5.41, 5.74) is 4.16. The van der Waals surface area contributed by atoms with E-state index in [1.165, 1.54) is 0 Å². The van der Waals surface area contributed by atoms with Crippen molar-refractivity contribution in [3.63, 3.8) is 0 Å². The number of hydrogen-bond donors (Lipinski definition) is 0. The molecule has 1 aliphatic heterocycles. The Labute approximate surface area is 169 Å². The first-order valence-corrected chi connectivity index (χ1v) is 13.2. The predicted molar refractivity (Wildman–Crippen MR) is 112 cm³/mol. The average molecular weight is 405 g/mol. The van der Waals surface area contributed by atoms with Crippen LogP contribution in [0.3, 0.4) is 0 Å². The van der Waals surface area contributed by atoms with Crippen LogP contribution in [-0.2, 0) is 25.6 Å². The van der Waals surface area contributed by atoms with E-state index >= 15 is 0 Å². The predicted octanol–water partition coefficient (Wildman–Crippen LogP) is 3.96. The third-order valence-electron chi connectivity index (χ3n) is 4.30. The molecule has 0 unspecified atom stereocenters. The lowest BCUT2D eigenvalue weighted by molar-refractivity contribution is -0.158. The fourth-order valence-electron chi connectivity index (χ4n) is 2.79. The Hall–Kier alpha value is -1.65. The normalized spacial score (nSPS) is 19.6. The molecule has 2 rings (SSSR count). The Morgan fingerprint density at radius 1 is 1.29 bits per heavy atom. The highest BCUT2D eigenvalue weighted by Gasteiger charge is 2.38. The maximum Gasteiger partial charge on any atom is 0.204 e. The van der Waals surface area contributed by atoms with E-state index in [1.54, 1.807) is 7.11 Å². The molecule has 0 amide bonds. The van der Waals surface area contributed by atoms with Crippen LogP contribution in [0.4, 0.5) is 0 Å². The van der Waals surface area contributed by atoms with E-state index in [4.69, 9.17) is 18.9 Å². The Balaban J connectivity index is 1.98. The molecule has 1 aromatic carbocycles. The number of Topliss-reactive ketones (excluding diaryl/α,β-unsaturated/α-hetero) is 1. The smallest absolute Gasteiger partial charge is 0.204 e. The van der Waals surface area contributed by atoms with Crippen LogP contribution in [0.15, 0.2) is 24.3 Å². The molecule has 154 valence electrons. The van der Waals surface area contributed by atoms with Gasteiger partial charge in [0.2, 0.25) is 5.78 Å². The number of ether oxygens (including phenoxy) is 4. The van der Waals surface area contributed by atoms with Gasteiger partial charge in [0.05, 0.1) is 26.4 Å². The van der Waals surface area contributed by atoms with Crippen LogP contribution >= 0.6 is 0 Å². The van der Waals surface area contributed by atoms with Crippen molar-refractivity contribution in [3.05, 3.63) is 29.8 Å². The molecule has 28 heavy (non-hydrogen) atoms. The number of rotatable bonds is 8. The molecular weight excluding hydrogens is 372 g/mol. The van der Waals surface area contributed by atoms with Gasteiger partial charge in [0.1, 0.15) is 19.9 Å². The number of carbonyl (C=O) groups excluding carboxylic acids is 1. The van der Waals surface area contributed by atoms with Gasteiger partial charge in [0.25, 0.3) is 0 Å². The molecule has 0 saturated carbocycles. The van der Waals surface area contributed by atoms with Crippen LogP contribution in [-0.4, -0.2) is 45.6 Å². The Morgan fingerprint density at radius 2 is 1.96 bits per heavy atom. The fraction of sp³-hybridized carbons (Fsp3) is 0.591. The molecule has 0 bridgehead atoms. The van der Waals surface area contributed by atoms with Crippen molar-refractivity contribution in [2.75, 3.05) is 13.7 Å². The molecule has 0 aromatic heterocycles. The van der Waals surface area contributed by atoms with Crippen LogP contribution in [0.5, 0.6) is 5.75 Å². The van der Waals surface area contributed by atoms with Crippen molar-refractivity contribution in [2.24, 2.45) is 0 Å². The lowest BCUT2D eigenvalue weighted by Gasteiger charge is -2.24. The molecule has 0 N–H and O–H groups in total. The Bertz CT molecular complexity index is 709. The molecule has 6 heteroatoms. The maximum absolute atomic E-state index is 12.2. The van der Waals surface area contributed by atoms with Crippen LogP contribution in [0.2, 0.25) is 19.6 Å². The van der Waals surface area contributed by atoms with Crippen molar-refractivity contribution in [1.29, 1.82) is 0 Å². The van der Waals surface area contributed by atoms with Gasteiger partial charge in [-0.25, -0.2) is 0 Å². The highest BCUT2D eigenvalue weighted by atomic mass is 28.3. The third kappa shape index (κ3) is 7.76. The molecule has 5 nitrogen and oxygen atoms in total. The van der Waals surface area contributed by atoms with E-state index in [-0.39, 0.29) is 18.0 Å². The van der Waals surface area contributed by atoms with Crippen molar-refractivity contribution in [3.8, 4) is 17.2 Å². The van der Waals surface area contributed by atoms with Gasteiger partial charge < -0.3 is 18.9 Å². The molecule has 1 saturated heterocycles. The summed E-state index contributed by atoms with van der Waals surface area (Å²) in [6, 6.07) is 7.75.